The minimum Gasteiger partial charge on any atom is -0.383 e. The van der Waals surface area contributed by atoms with E-state index < -0.39 is 0 Å². The second-order valence-corrected chi connectivity index (χ2v) is 8.59. The maximum atomic E-state index is 12.8. The van der Waals surface area contributed by atoms with Crippen LogP contribution in [0.4, 0.5) is 0 Å². The maximum absolute atomic E-state index is 12.8. The molecule has 3 rings (SSSR count). The van der Waals surface area contributed by atoms with Crippen molar-refractivity contribution in [2.24, 2.45) is 17.3 Å². The summed E-state index contributed by atoms with van der Waals surface area (Å²) in [5.41, 5.74) is 0.222. The Balaban J connectivity index is 1.52. The molecule has 142 valence electrons. The van der Waals surface area contributed by atoms with Gasteiger partial charge < -0.3 is 14.5 Å². The summed E-state index contributed by atoms with van der Waals surface area (Å²) in [5.74, 6) is 1.70. The van der Waals surface area contributed by atoms with E-state index in [0.29, 0.717) is 25.5 Å². The van der Waals surface area contributed by atoms with Crippen molar-refractivity contribution >= 4 is 11.8 Å². The first-order chi connectivity index (χ1) is 12.0. The predicted molar refractivity (Wildman–Crippen MR) is 97.1 cm³/mol. The van der Waals surface area contributed by atoms with Gasteiger partial charge >= 0.3 is 0 Å². The fraction of sp³-hybridized carbons (Fsp3) is 0.900. The summed E-state index contributed by atoms with van der Waals surface area (Å²) in [6.45, 7) is 6.18. The van der Waals surface area contributed by atoms with Gasteiger partial charge in [0, 0.05) is 45.6 Å². The van der Waals surface area contributed by atoms with Crippen molar-refractivity contribution in [2.75, 3.05) is 39.9 Å². The van der Waals surface area contributed by atoms with Crippen LogP contribution in [0.25, 0.3) is 0 Å². The molecule has 0 bridgehead atoms. The summed E-state index contributed by atoms with van der Waals surface area (Å²) in [6.07, 6.45) is 8.26. The number of ether oxygens (including phenoxy) is 1. The first-order valence-electron chi connectivity index (χ1n) is 10.1. The third-order valence-corrected chi connectivity index (χ3v) is 6.81. The lowest BCUT2D eigenvalue weighted by molar-refractivity contribution is -0.145. The Hall–Kier alpha value is -1.10. The zero-order chi connectivity index (χ0) is 17.9. The van der Waals surface area contributed by atoms with Crippen molar-refractivity contribution in [1.29, 1.82) is 0 Å². The quantitative estimate of drug-likeness (QED) is 0.783. The zero-order valence-electron chi connectivity index (χ0n) is 16.0. The molecule has 2 saturated heterocycles. The van der Waals surface area contributed by atoms with Crippen LogP contribution >= 0.6 is 0 Å². The molecule has 0 N–H and O–H groups in total. The molecule has 3 aliphatic rings. The Morgan fingerprint density at radius 3 is 2.48 bits per heavy atom. The van der Waals surface area contributed by atoms with Gasteiger partial charge in [-0.2, -0.15) is 0 Å². The van der Waals surface area contributed by atoms with Crippen molar-refractivity contribution in [3.63, 3.8) is 0 Å². The zero-order valence-corrected chi connectivity index (χ0v) is 16.0. The molecule has 25 heavy (non-hydrogen) atoms. The highest BCUT2D eigenvalue weighted by molar-refractivity contribution is 5.79. The number of carbonyl (C=O) groups excluding carboxylic acids is 2. The number of nitrogens with zero attached hydrogens (tertiary/aromatic N) is 2. The topological polar surface area (TPSA) is 49.9 Å². The van der Waals surface area contributed by atoms with Crippen LogP contribution in [0.2, 0.25) is 0 Å². The predicted octanol–water partition coefficient (Wildman–Crippen LogP) is 2.69. The number of likely N-dealkylation sites (tertiary alicyclic amines) is 2. The van der Waals surface area contributed by atoms with Gasteiger partial charge in [0.05, 0.1) is 6.61 Å². The van der Waals surface area contributed by atoms with Crippen LogP contribution in [0.3, 0.4) is 0 Å². The van der Waals surface area contributed by atoms with Crippen LogP contribution in [0.5, 0.6) is 0 Å². The van der Waals surface area contributed by atoms with Crippen molar-refractivity contribution in [3.05, 3.63) is 0 Å². The Bertz CT molecular complexity index is 477. The number of carbonyl (C=O) groups is 2. The Morgan fingerprint density at radius 2 is 1.84 bits per heavy atom. The number of rotatable bonds is 4. The molecule has 5 nitrogen and oxygen atoms in total. The van der Waals surface area contributed by atoms with Crippen LogP contribution < -0.4 is 0 Å². The van der Waals surface area contributed by atoms with Gasteiger partial charge in [-0.3, -0.25) is 9.59 Å². The third-order valence-electron chi connectivity index (χ3n) is 6.81. The van der Waals surface area contributed by atoms with Crippen LogP contribution in [0.1, 0.15) is 58.3 Å². The van der Waals surface area contributed by atoms with Crippen molar-refractivity contribution in [3.8, 4) is 0 Å². The van der Waals surface area contributed by atoms with Crippen molar-refractivity contribution < 1.29 is 14.3 Å². The molecule has 0 aromatic carbocycles. The molecule has 1 spiro atoms. The molecule has 5 heteroatoms. The standard InChI is InChI=1S/C20H34N2O3/c1-16-3-5-17(6-4-16)19(24)21-11-9-20(10-12-21)8-7-18(23)22(15-20)13-14-25-2/h16-17H,3-15H2,1-2H3. The van der Waals surface area contributed by atoms with E-state index in [9.17, 15) is 9.59 Å². The van der Waals surface area contributed by atoms with E-state index in [4.69, 9.17) is 4.74 Å². The second-order valence-electron chi connectivity index (χ2n) is 8.59. The first-order valence-corrected chi connectivity index (χ1v) is 10.1. The average molecular weight is 351 g/mol. The number of methoxy groups -OCH3 is 1. The van der Waals surface area contributed by atoms with Gasteiger partial charge in [-0.1, -0.05) is 6.92 Å². The van der Waals surface area contributed by atoms with Gasteiger partial charge in [0.15, 0.2) is 0 Å². The lowest BCUT2D eigenvalue weighted by Gasteiger charge is -2.48. The molecule has 2 heterocycles. The first kappa shape index (κ1) is 18.7. The molecular weight excluding hydrogens is 316 g/mol. The fourth-order valence-corrected chi connectivity index (χ4v) is 4.88. The maximum Gasteiger partial charge on any atom is 0.225 e. The Morgan fingerprint density at radius 1 is 1.16 bits per heavy atom. The van der Waals surface area contributed by atoms with E-state index >= 15 is 0 Å². The SMILES string of the molecule is COCCN1CC2(CCC1=O)CCN(C(=O)C1CCC(C)CC1)CC2. The van der Waals surface area contributed by atoms with Gasteiger partial charge in [-0.25, -0.2) is 0 Å². The monoisotopic (exact) mass is 350 g/mol. The summed E-state index contributed by atoms with van der Waals surface area (Å²) < 4.78 is 5.15. The summed E-state index contributed by atoms with van der Waals surface area (Å²) in [4.78, 5) is 29.1. The Kier molecular flexibility index (Phi) is 6.03. The van der Waals surface area contributed by atoms with E-state index in [2.05, 4.69) is 11.8 Å². The minimum atomic E-state index is 0.222. The fourth-order valence-electron chi connectivity index (χ4n) is 4.88. The summed E-state index contributed by atoms with van der Waals surface area (Å²) >= 11 is 0. The van der Waals surface area contributed by atoms with Gasteiger partial charge in [0.25, 0.3) is 0 Å². The summed E-state index contributed by atoms with van der Waals surface area (Å²) in [7, 11) is 1.68. The highest BCUT2D eigenvalue weighted by atomic mass is 16.5. The molecule has 0 unspecified atom stereocenters. The van der Waals surface area contributed by atoms with E-state index in [1.165, 1.54) is 12.8 Å². The van der Waals surface area contributed by atoms with Crippen LogP contribution in [-0.2, 0) is 14.3 Å². The minimum absolute atomic E-state index is 0.222. The second kappa shape index (κ2) is 8.07. The largest absolute Gasteiger partial charge is 0.383 e. The number of piperidine rings is 2. The molecule has 0 atom stereocenters. The molecular formula is C20H34N2O3. The smallest absolute Gasteiger partial charge is 0.225 e. The highest BCUT2D eigenvalue weighted by Gasteiger charge is 2.42. The van der Waals surface area contributed by atoms with Crippen molar-refractivity contribution in [1.82, 2.24) is 9.80 Å². The molecule has 1 saturated carbocycles. The van der Waals surface area contributed by atoms with Crippen LogP contribution in [0.15, 0.2) is 0 Å². The molecule has 0 radical (unpaired) electrons. The lowest BCUT2D eigenvalue weighted by Crippen LogP contribution is -2.53. The van der Waals surface area contributed by atoms with Gasteiger partial charge in [0.1, 0.15) is 0 Å². The molecule has 2 aliphatic heterocycles. The van der Waals surface area contributed by atoms with E-state index in [-0.39, 0.29) is 17.2 Å². The highest BCUT2D eigenvalue weighted by Crippen LogP contribution is 2.41. The summed E-state index contributed by atoms with van der Waals surface area (Å²) in [6, 6.07) is 0. The lowest BCUT2D eigenvalue weighted by atomic mass is 9.72. The third kappa shape index (κ3) is 4.36. The van der Waals surface area contributed by atoms with Crippen LogP contribution in [0, 0.1) is 17.3 Å². The number of hydrogen-bond acceptors (Lipinski definition) is 3. The van der Waals surface area contributed by atoms with Gasteiger partial charge in [-0.05, 0) is 56.3 Å². The molecule has 1 aliphatic carbocycles. The van der Waals surface area contributed by atoms with E-state index in [0.717, 1.165) is 57.7 Å². The normalized spacial score (nSPS) is 29.9. The average Bonchev–Trinajstić information content (AvgIpc) is 2.63. The number of amides is 2. The number of hydrogen-bond donors (Lipinski definition) is 0. The summed E-state index contributed by atoms with van der Waals surface area (Å²) in [5, 5.41) is 0. The molecule has 0 aromatic rings. The molecule has 2 amide bonds. The van der Waals surface area contributed by atoms with Gasteiger partial charge in [-0.15, -0.1) is 0 Å². The van der Waals surface area contributed by atoms with E-state index in [1.807, 2.05) is 4.90 Å². The van der Waals surface area contributed by atoms with Gasteiger partial charge in [0.2, 0.25) is 11.8 Å². The molecule has 0 aromatic heterocycles. The van der Waals surface area contributed by atoms with Crippen molar-refractivity contribution in [2.45, 2.75) is 58.3 Å². The van der Waals surface area contributed by atoms with E-state index in [1.54, 1.807) is 7.11 Å². The Labute approximate surface area is 152 Å². The van der Waals surface area contributed by atoms with Crippen LogP contribution in [-0.4, -0.2) is 61.5 Å². The molecule has 3 fully saturated rings.